The van der Waals surface area contributed by atoms with E-state index in [1.807, 2.05) is 23.7 Å². The summed E-state index contributed by atoms with van der Waals surface area (Å²) >= 11 is 5.72. The number of rotatable bonds is 2. The molecule has 2 aromatic rings. The zero-order chi connectivity index (χ0) is 15.7. The van der Waals surface area contributed by atoms with Crippen LogP contribution in [0.5, 0.6) is 0 Å². The quantitative estimate of drug-likeness (QED) is 0.677. The number of nitrogens with one attached hydrogen (secondary N) is 1. The van der Waals surface area contributed by atoms with E-state index < -0.39 is 0 Å². The van der Waals surface area contributed by atoms with E-state index in [9.17, 15) is 4.79 Å². The maximum atomic E-state index is 10.6. The van der Waals surface area contributed by atoms with Crippen LogP contribution >= 0.6 is 11.6 Å². The molecule has 0 aliphatic carbocycles. The Labute approximate surface area is 129 Å². The van der Waals surface area contributed by atoms with Crippen molar-refractivity contribution in [3.05, 3.63) is 29.6 Å². The maximum Gasteiger partial charge on any atom is 0.150 e. The zero-order valence-electron chi connectivity index (χ0n) is 12.4. The summed E-state index contributed by atoms with van der Waals surface area (Å²) in [4.78, 5) is 19.4. The fraction of sp³-hybridized carbons (Fsp3) is 0.429. The van der Waals surface area contributed by atoms with Crippen LogP contribution < -0.4 is 5.48 Å². The lowest BCUT2D eigenvalue weighted by atomic mass is 10.2. The van der Waals surface area contributed by atoms with Gasteiger partial charge in [0.2, 0.25) is 0 Å². The highest BCUT2D eigenvalue weighted by Crippen LogP contribution is 2.17. The molecule has 2 heterocycles. The third kappa shape index (κ3) is 5.09. The molecule has 1 aliphatic rings. The van der Waals surface area contributed by atoms with E-state index in [-0.39, 0.29) is 0 Å². The van der Waals surface area contributed by atoms with Gasteiger partial charge >= 0.3 is 0 Å². The van der Waals surface area contributed by atoms with Gasteiger partial charge in [-0.3, -0.25) is 4.79 Å². The highest BCUT2D eigenvalue weighted by atomic mass is 35.5. The lowest BCUT2D eigenvalue weighted by molar-refractivity contribution is -0.0478. The number of benzene rings is 1. The van der Waals surface area contributed by atoms with E-state index in [0.717, 1.165) is 36.3 Å². The molecule has 0 spiro atoms. The number of halogens is 1. The van der Waals surface area contributed by atoms with Crippen molar-refractivity contribution in [2.75, 3.05) is 27.4 Å². The van der Waals surface area contributed by atoms with Gasteiger partial charge in [-0.2, -0.15) is 0 Å². The molecule has 3 rings (SSSR count). The van der Waals surface area contributed by atoms with Gasteiger partial charge in [0.15, 0.2) is 0 Å². The number of hydrogen-bond acceptors (Lipinski definition) is 5. The Kier molecular flexibility index (Phi) is 7.92. The Morgan fingerprint density at radius 3 is 2.52 bits per heavy atom. The van der Waals surface area contributed by atoms with E-state index in [1.165, 1.54) is 0 Å². The average Bonchev–Trinajstić information content (AvgIpc) is 2.74. The molecule has 21 heavy (non-hydrogen) atoms. The number of hydrogen-bond donors (Lipinski definition) is 1. The number of methoxy groups -OCH3 is 1. The van der Waals surface area contributed by atoms with Gasteiger partial charge in [0.25, 0.3) is 0 Å². The van der Waals surface area contributed by atoms with Crippen LogP contribution in [0.4, 0.5) is 0 Å². The van der Waals surface area contributed by atoms with Crippen LogP contribution in [0.1, 0.15) is 16.2 Å². The van der Waals surface area contributed by atoms with Gasteiger partial charge in [0, 0.05) is 33.4 Å². The molecule has 1 aromatic heterocycles. The van der Waals surface area contributed by atoms with Crippen molar-refractivity contribution < 1.29 is 14.4 Å². The number of nitrogens with zero attached hydrogens (tertiary/aromatic N) is 2. The third-order valence-electron chi connectivity index (χ3n) is 2.66. The molecule has 6 nitrogen and oxygen atoms in total. The average molecular weight is 314 g/mol. The summed E-state index contributed by atoms with van der Waals surface area (Å²) in [6.45, 7) is 1.92. The van der Waals surface area contributed by atoms with Crippen molar-refractivity contribution in [2.24, 2.45) is 7.05 Å². The second-order valence-electron chi connectivity index (χ2n) is 4.24. The summed E-state index contributed by atoms with van der Waals surface area (Å²) in [5, 5.41) is 0. The molecule has 0 unspecified atom stereocenters. The summed E-state index contributed by atoms with van der Waals surface area (Å²) in [5.41, 5.74) is 5.07. The SMILES string of the molecule is C1CON1.COC.Cn1c(CCl)nc2ccc(C=O)cc21. The van der Waals surface area contributed by atoms with Gasteiger partial charge in [-0.15, -0.1) is 11.6 Å². The molecule has 0 radical (unpaired) electrons. The highest BCUT2D eigenvalue weighted by Gasteiger charge is 2.06. The first-order chi connectivity index (χ1) is 10.2. The molecule has 1 N–H and O–H groups in total. The van der Waals surface area contributed by atoms with Crippen molar-refractivity contribution in [1.82, 2.24) is 15.0 Å². The van der Waals surface area contributed by atoms with Gasteiger partial charge in [-0.1, -0.05) is 0 Å². The smallest absolute Gasteiger partial charge is 0.150 e. The molecule has 0 saturated carbocycles. The van der Waals surface area contributed by atoms with Crippen LogP contribution in [-0.4, -0.2) is 43.2 Å². The molecule has 7 heteroatoms. The Morgan fingerprint density at radius 1 is 1.52 bits per heavy atom. The predicted molar refractivity (Wildman–Crippen MR) is 82.5 cm³/mol. The molecule has 0 atom stereocenters. The Bertz CT molecular complexity index is 564. The molecule has 0 amide bonds. The van der Waals surface area contributed by atoms with Crippen molar-refractivity contribution in [2.45, 2.75) is 5.88 Å². The number of carbonyl (C=O) groups excluding carboxylic acids is 1. The van der Waals surface area contributed by atoms with Crippen molar-refractivity contribution in [1.29, 1.82) is 0 Å². The Balaban J connectivity index is 0.000000261. The minimum absolute atomic E-state index is 0.377. The first kappa shape index (κ1) is 17.6. The van der Waals surface area contributed by atoms with Gasteiger partial charge < -0.3 is 14.1 Å². The molecule has 1 fully saturated rings. The number of aromatic nitrogens is 2. The van der Waals surface area contributed by atoms with Gasteiger partial charge in [-0.05, 0) is 18.2 Å². The lowest BCUT2D eigenvalue weighted by Crippen LogP contribution is -2.32. The molecule has 1 saturated heterocycles. The fourth-order valence-corrected chi connectivity index (χ4v) is 1.79. The number of alkyl halides is 1. The number of fused-ring (bicyclic) bond motifs is 1. The largest absolute Gasteiger partial charge is 0.388 e. The Hall–Kier alpha value is -1.47. The molecular weight excluding hydrogens is 294 g/mol. The summed E-state index contributed by atoms with van der Waals surface area (Å²) in [5.74, 6) is 1.19. The van der Waals surface area contributed by atoms with Crippen molar-refractivity contribution in [3.63, 3.8) is 0 Å². The molecule has 1 aromatic carbocycles. The van der Waals surface area contributed by atoms with Gasteiger partial charge in [0.1, 0.15) is 12.1 Å². The summed E-state index contributed by atoms with van der Waals surface area (Å²) in [6.07, 6.45) is 0.826. The van der Waals surface area contributed by atoms with E-state index in [1.54, 1.807) is 20.3 Å². The minimum Gasteiger partial charge on any atom is -0.388 e. The van der Waals surface area contributed by atoms with E-state index in [2.05, 4.69) is 20.0 Å². The third-order valence-corrected chi connectivity index (χ3v) is 2.90. The second kappa shape index (κ2) is 9.46. The van der Waals surface area contributed by atoms with Crippen molar-refractivity contribution in [3.8, 4) is 0 Å². The van der Waals surface area contributed by atoms with E-state index >= 15 is 0 Å². The highest BCUT2D eigenvalue weighted by molar-refractivity contribution is 6.16. The number of carbonyl (C=O) groups is 1. The van der Waals surface area contributed by atoms with Gasteiger partial charge in [0.05, 0.1) is 23.5 Å². The number of ether oxygens (including phenoxy) is 1. The predicted octanol–water partition coefficient (Wildman–Crippen LogP) is 1.91. The van der Waals surface area contributed by atoms with Crippen LogP contribution in [-0.2, 0) is 22.5 Å². The molecule has 1 aliphatic heterocycles. The summed E-state index contributed by atoms with van der Waals surface area (Å²) in [7, 11) is 5.14. The van der Waals surface area contributed by atoms with Crippen LogP contribution in [0.15, 0.2) is 18.2 Å². The molecule has 116 valence electrons. The topological polar surface area (TPSA) is 65.4 Å². The van der Waals surface area contributed by atoms with Crippen LogP contribution in [0, 0.1) is 0 Å². The first-order valence-corrected chi connectivity index (χ1v) is 6.92. The first-order valence-electron chi connectivity index (χ1n) is 6.39. The van der Waals surface area contributed by atoms with Crippen LogP contribution in [0.2, 0.25) is 0 Å². The number of aryl methyl sites for hydroxylation is 1. The van der Waals surface area contributed by atoms with E-state index in [0.29, 0.717) is 11.4 Å². The lowest BCUT2D eigenvalue weighted by Gasteiger charge is -2.10. The minimum atomic E-state index is 0.377. The number of hydroxylamine groups is 1. The monoisotopic (exact) mass is 313 g/mol. The maximum absolute atomic E-state index is 10.6. The van der Waals surface area contributed by atoms with Crippen LogP contribution in [0.3, 0.4) is 0 Å². The van der Waals surface area contributed by atoms with Crippen LogP contribution in [0.25, 0.3) is 11.0 Å². The standard InChI is InChI=1S/C10H9ClN2O.C2H5NO.C2H6O/c1-13-9-4-7(6-14)2-3-8(9)12-10(13)5-11;1-2-4-3-1;1-3-2/h2-4,6H,5H2,1H3;3H,1-2H2;1-2H3. The molecular formula is C14H20ClN3O3. The zero-order valence-corrected chi connectivity index (χ0v) is 13.2. The summed E-state index contributed by atoms with van der Waals surface area (Å²) in [6, 6.07) is 5.39. The second-order valence-corrected chi connectivity index (χ2v) is 4.50. The number of aldehydes is 1. The fourth-order valence-electron chi connectivity index (χ4n) is 1.55. The summed E-state index contributed by atoms with van der Waals surface area (Å²) < 4.78 is 6.15. The van der Waals surface area contributed by atoms with Gasteiger partial charge in [-0.25, -0.2) is 10.5 Å². The molecule has 0 bridgehead atoms. The number of imidazole rings is 1. The normalized spacial score (nSPS) is 12.6. The van der Waals surface area contributed by atoms with E-state index in [4.69, 9.17) is 11.6 Å². The van der Waals surface area contributed by atoms with Crippen molar-refractivity contribution >= 4 is 28.9 Å². The Morgan fingerprint density at radius 2 is 2.10 bits per heavy atom.